The Morgan fingerprint density at radius 1 is 1.25 bits per heavy atom. The lowest BCUT2D eigenvalue weighted by molar-refractivity contribution is 0.619. The number of nitrogens with one attached hydrogen (secondary N) is 1. The topological polar surface area (TPSA) is 24.9 Å². The highest BCUT2D eigenvalue weighted by atomic mass is 79.9. The Hall–Kier alpha value is -1.46. The van der Waals surface area contributed by atoms with Gasteiger partial charge in [0, 0.05) is 11.7 Å². The fourth-order valence-electron chi connectivity index (χ4n) is 2.06. The number of fused-ring (bicyclic) bond motifs is 1. The maximum atomic E-state index is 13.3. The molecule has 0 aliphatic carbocycles. The summed E-state index contributed by atoms with van der Waals surface area (Å²) >= 11 is 4.84. The lowest BCUT2D eigenvalue weighted by atomic mass is 10.1. The molecule has 0 radical (unpaired) electrons. The summed E-state index contributed by atoms with van der Waals surface area (Å²) in [6.45, 7) is 2.05. The zero-order valence-electron chi connectivity index (χ0n) is 10.7. The number of thiazole rings is 1. The fourth-order valence-corrected chi connectivity index (χ4v) is 3.17. The van der Waals surface area contributed by atoms with Crippen LogP contribution in [0.2, 0.25) is 0 Å². The first kappa shape index (κ1) is 13.5. The molecule has 1 atom stereocenters. The standard InChI is InChI=1S/C15H12BrFN2S/c1-9(10-2-4-13(17)12(16)6-10)19-11-3-5-14-15(7-11)20-8-18-14/h2-9,19H,1H3. The minimum atomic E-state index is -0.243. The Morgan fingerprint density at radius 2 is 2.10 bits per heavy atom. The minimum absolute atomic E-state index is 0.0947. The van der Waals surface area contributed by atoms with E-state index in [9.17, 15) is 4.39 Å². The van der Waals surface area contributed by atoms with Gasteiger partial charge >= 0.3 is 0 Å². The van der Waals surface area contributed by atoms with E-state index in [4.69, 9.17) is 0 Å². The van der Waals surface area contributed by atoms with Crippen molar-refractivity contribution in [2.24, 2.45) is 0 Å². The van der Waals surface area contributed by atoms with Gasteiger partial charge in [0.2, 0.25) is 0 Å². The molecule has 102 valence electrons. The summed E-state index contributed by atoms with van der Waals surface area (Å²) in [6.07, 6.45) is 0. The molecule has 2 nitrogen and oxygen atoms in total. The predicted molar refractivity (Wildman–Crippen MR) is 85.8 cm³/mol. The molecule has 1 aromatic heterocycles. The molecule has 0 spiro atoms. The van der Waals surface area contributed by atoms with Crippen LogP contribution in [0.25, 0.3) is 10.2 Å². The molecule has 20 heavy (non-hydrogen) atoms. The SMILES string of the molecule is CC(Nc1ccc2ncsc2c1)c1ccc(F)c(Br)c1. The molecule has 0 aliphatic heterocycles. The van der Waals surface area contributed by atoms with Gasteiger partial charge in [-0.2, -0.15) is 0 Å². The quantitative estimate of drug-likeness (QED) is 0.686. The molecule has 0 fully saturated rings. The highest BCUT2D eigenvalue weighted by Gasteiger charge is 2.08. The second-order valence-corrected chi connectivity index (χ2v) is 6.32. The summed E-state index contributed by atoms with van der Waals surface area (Å²) in [5.41, 5.74) is 4.92. The van der Waals surface area contributed by atoms with Crippen LogP contribution in [0.3, 0.4) is 0 Å². The van der Waals surface area contributed by atoms with E-state index in [1.807, 2.05) is 17.6 Å². The number of benzene rings is 2. The van der Waals surface area contributed by atoms with Crippen LogP contribution in [0.4, 0.5) is 10.1 Å². The number of rotatable bonds is 3. The third kappa shape index (κ3) is 2.69. The molecule has 0 bridgehead atoms. The molecule has 5 heteroatoms. The normalized spacial score (nSPS) is 12.6. The first-order valence-electron chi connectivity index (χ1n) is 6.18. The molecule has 0 saturated carbocycles. The third-order valence-corrected chi connectivity index (χ3v) is 4.56. The van der Waals surface area contributed by atoms with Crippen molar-refractivity contribution in [2.45, 2.75) is 13.0 Å². The second-order valence-electron chi connectivity index (χ2n) is 4.57. The highest BCUT2D eigenvalue weighted by Crippen LogP contribution is 2.27. The lowest BCUT2D eigenvalue weighted by Crippen LogP contribution is -2.06. The maximum Gasteiger partial charge on any atom is 0.137 e. The van der Waals surface area contributed by atoms with Crippen LogP contribution in [-0.4, -0.2) is 4.98 Å². The average molecular weight is 351 g/mol. The first-order chi connectivity index (χ1) is 9.63. The van der Waals surface area contributed by atoms with Gasteiger partial charge in [-0.1, -0.05) is 6.07 Å². The molecular weight excluding hydrogens is 339 g/mol. The summed E-state index contributed by atoms with van der Waals surface area (Å²) in [5.74, 6) is -0.243. The zero-order valence-corrected chi connectivity index (χ0v) is 13.1. The minimum Gasteiger partial charge on any atom is -0.378 e. The van der Waals surface area contributed by atoms with Gasteiger partial charge in [-0.3, -0.25) is 0 Å². The van der Waals surface area contributed by atoms with Crippen molar-refractivity contribution in [1.82, 2.24) is 4.98 Å². The van der Waals surface area contributed by atoms with Crippen molar-refractivity contribution in [3.05, 3.63) is 57.8 Å². The van der Waals surface area contributed by atoms with Crippen molar-refractivity contribution in [3.8, 4) is 0 Å². The Balaban J connectivity index is 1.83. The fraction of sp³-hybridized carbons (Fsp3) is 0.133. The number of aromatic nitrogens is 1. The van der Waals surface area contributed by atoms with Gasteiger partial charge in [-0.25, -0.2) is 9.37 Å². The number of anilines is 1. The Kier molecular flexibility index (Phi) is 3.72. The van der Waals surface area contributed by atoms with Crippen molar-refractivity contribution < 1.29 is 4.39 Å². The van der Waals surface area contributed by atoms with Gasteiger partial charge in [0.25, 0.3) is 0 Å². The number of hydrogen-bond donors (Lipinski definition) is 1. The van der Waals surface area contributed by atoms with E-state index < -0.39 is 0 Å². The molecule has 1 N–H and O–H groups in total. The van der Waals surface area contributed by atoms with Crippen LogP contribution in [0.5, 0.6) is 0 Å². The van der Waals surface area contributed by atoms with Gasteiger partial charge in [0.05, 0.1) is 20.2 Å². The summed E-state index contributed by atoms with van der Waals surface area (Å²) in [6, 6.07) is 11.3. The zero-order chi connectivity index (χ0) is 14.1. The first-order valence-corrected chi connectivity index (χ1v) is 7.85. The van der Waals surface area contributed by atoms with Gasteiger partial charge in [0.15, 0.2) is 0 Å². The Bertz CT molecular complexity index is 756. The van der Waals surface area contributed by atoms with Crippen LogP contribution in [0.1, 0.15) is 18.5 Å². The molecule has 2 aromatic carbocycles. The van der Waals surface area contributed by atoms with Crippen LogP contribution < -0.4 is 5.32 Å². The van der Waals surface area contributed by atoms with E-state index in [0.29, 0.717) is 4.47 Å². The molecule has 0 amide bonds. The van der Waals surface area contributed by atoms with E-state index in [0.717, 1.165) is 21.5 Å². The van der Waals surface area contributed by atoms with Crippen molar-refractivity contribution in [1.29, 1.82) is 0 Å². The van der Waals surface area contributed by atoms with E-state index in [2.05, 4.69) is 39.2 Å². The second kappa shape index (κ2) is 5.50. The highest BCUT2D eigenvalue weighted by molar-refractivity contribution is 9.10. The Morgan fingerprint density at radius 3 is 2.90 bits per heavy atom. The molecule has 0 aliphatic rings. The lowest BCUT2D eigenvalue weighted by Gasteiger charge is -2.16. The number of hydrogen-bond acceptors (Lipinski definition) is 3. The molecular formula is C15H12BrFN2S. The van der Waals surface area contributed by atoms with Crippen molar-refractivity contribution in [3.63, 3.8) is 0 Å². The summed E-state index contributed by atoms with van der Waals surface area (Å²) in [5, 5.41) is 3.42. The van der Waals surface area contributed by atoms with Crippen LogP contribution in [-0.2, 0) is 0 Å². The molecule has 3 aromatic rings. The smallest absolute Gasteiger partial charge is 0.137 e. The molecule has 3 rings (SSSR count). The monoisotopic (exact) mass is 350 g/mol. The number of halogens is 2. The van der Waals surface area contributed by atoms with Crippen LogP contribution in [0.15, 0.2) is 46.4 Å². The van der Waals surface area contributed by atoms with E-state index in [-0.39, 0.29) is 11.9 Å². The average Bonchev–Trinajstić information content (AvgIpc) is 2.89. The van der Waals surface area contributed by atoms with Gasteiger partial charge in [-0.05, 0) is 58.7 Å². The van der Waals surface area contributed by atoms with E-state index in [1.165, 1.54) is 6.07 Å². The molecule has 1 heterocycles. The maximum absolute atomic E-state index is 13.3. The van der Waals surface area contributed by atoms with Gasteiger partial charge in [-0.15, -0.1) is 11.3 Å². The summed E-state index contributed by atoms with van der Waals surface area (Å²) < 4.78 is 14.9. The predicted octanol–water partition coefficient (Wildman–Crippen LogP) is 5.37. The van der Waals surface area contributed by atoms with Crippen molar-refractivity contribution >= 4 is 43.2 Å². The molecule has 0 saturated heterocycles. The van der Waals surface area contributed by atoms with Crippen molar-refractivity contribution in [2.75, 3.05) is 5.32 Å². The third-order valence-electron chi connectivity index (χ3n) is 3.16. The number of nitrogens with zero attached hydrogens (tertiary/aromatic N) is 1. The Labute approximate surface area is 128 Å². The van der Waals surface area contributed by atoms with Gasteiger partial charge in [0.1, 0.15) is 5.82 Å². The van der Waals surface area contributed by atoms with E-state index >= 15 is 0 Å². The summed E-state index contributed by atoms with van der Waals surface area (Å²) in [7, 11) is 0. The largest absolute Gasteiger partial charge is 0.378 e. The van der Waals surface area contributed by atoms with Gasteiger partial charge < -0.3 is 5.32 Å². The van der Waals surface area contributed by atoms with Crippen LogP contribution >= 0.6 is 27.3 Å². The summed E-state index contributed by atoms with van der Waals surface area (Å²) in [4.78, 5) is 4.26. The van der Waals surface area contributed by atoms with E-state index in [1.54, 1.807) is 23.5 Å². The molecule has 1 unspecified atom stereocenters. The van der Waals surface area contributed by atoms with Crippen LogP contribution in [0, 0.1) is 5.82 Å².